The average molecular weight is 249 g/mol. The molecule has 0 atom stereocenters. The molecular weight excluding hydrogens is 228 g/mol. The first-order valence-corrected chi connectivity index (χ1v) is 5.31. The molecule has 0 bridgehead atoms. The van der Waals surface area contributed by atoms with Crippen LogP contribution in [0.3, 0.4) is 0 Å². The standard InChI is InChI=1S/C10H21BrN2/c1-9(11)6-12-7-10(2,3)8-13(4)5/h12H,1,6-8H2,2-5H3. The van der Waals surface area contributed by atoms with Gasteiger partial charge in [0.15, 0.2) is 0 Å². The molecule has 0 aliphatic carbocycles. The van der Waals surface area contributed by atoms with Gasteiger partial charge in [-0.15, -0.1) is 0 Å². The van der Waals surface area contributed by atoms with Crippen LogP contribution in [0.25, 0.3) is 0 Å². The molecule has 0 spiro atoms. The maximum absolute atomic E-state index is 3.78. The molecule has 0 saturated heterocycles. The highest BCUT2D eigenvalue weighted by molar-refractivity contribution is 9.11. The largest absolute Gasteiger partial charge is 0.312 e. The summed E-state index contributed by atoms with van der Waals surface area (Å²) in [7, 11) is 4.20. The topological polar surface area (TPSA) is 15.3 Å². The Kier molecular flexibility index (Phi) is 5.85. The minimum atomic E-state index is 0.311. The van der Waals surface area contributed by atoms with E-state index in [4.69, 9.17) is 0 Å². The highest BCUT2D eigenvalue weighted by atomic mass is 79.9. The molecule has 0 aromatic carbocycles. The maximum Gasteiger partial charge on any atom is 0.0265 e. The van der Waals surface area contributed by atoms with Gasteiger partial charge in [-0.1, -0.05) is 36.4 Å². The molecule has 0 amide bonds. The molecule has 0 aromatic rings. The van der Waals surface area contributed by atoms with Crippen molar-refractivity contribution < 1.29 is 0 Å². The van der Waals surface area contributed by atoms with Crippen LogP contribution in [-0.2, 0) is 0 Å². The van der Waals surface area contributed by atoms with Crippen LogP contribution in [0, 0.1) is 5.41 Å². The molecule has 0 heterocycles. The second kappa shape index (κ2) is 5.78. The smallest absolute Gasteiger partial charge is 0.0265 e. The Hall–Kier alpha value is 0.140. The second-order valence-corrected chi connectivity index (χ2v) is 5.64. The molecule has 0 aromatic heterocycles. The van der Waals surface area contributed by atoms with Crippen molar-refractivity contribution in [2.24, 2.45) is 5.41 Å². The predicted molar refractivity (Wildman–Crippen MR) is 63.3 cm³/mol. The fourth-order valence-electron chi connectivity index (χ4n) is 1.45. The normalized spacial score (nSPS) is 12.2. The van der Waals surface area contributed by atoms with Crippen LogP contribution in [0.1, 0.15) is 13.8 Å². The average Bonchev–Trinajstić information content (AvgIpc) is 1.81. The number of rotatable bonds is 6. The first-order chi connectivity index (χ1) is 5.83. The van der Waals surface area contributed by atoms with Gasteiger partial charge >= 0.3 is 0 Å². The quantitative estimate of drug-likeness (QED) is 0.775. The Morgan fingerprint density at radius 2 is 2.00 bits per heavy atom. The molecule has 0 fully saturated rings. The molecular formula is C10H21BrN2. The van der Waals surface area contributed by atoms with Crippen LogP contribution < -0.4 is 5.32 Å². The van der Waals surface area contributed by atoms with E-state index in [-0.39, 0.29) is 0 Å². The van der Waals surface area contributed by atoms with Gasteiger partial charge in [-0.3, -0.25) is 0 Å². The number of hydrogen-bond acceptors (Lipinski definition) is 2. The van der Waals surface area contributed by atoms with E-state index in [1.807, 2.05) is 0 Å². The van der Waals surface area contributed by atoms with Crippen molar-refractivity contribution in [1.29, 1.82) is 0 Å². The van der Waals surface area contributed by atoms with Gasteiger partial charge in [0, 0.05) is 24.1 Å². The van der Waals surface area contributed by atoms with Gasteiger partial charge in [-0.25, -0.2) is 0 Å². The van der Waals surface area contributed by atoms with Crippen molar-refractivity contribution in [2.45, 2.75) is 13.8 Å². The third-order valence-electron chi connectivity index (χ3n) is 1.66. The van der Waals surface area contributed by atoms with Crippen LogP contribution >= 0.6 is 15.9 Å². The van der Waals surface area contributed by atoms with Crippen molar-refractivity contribution in [3.05, 3.63) is 11.1 Å². The minimum Gasteiger partial charge on any atom is -0.312 e. The van der Waals surface area contributed by atoms with Crippen molar-refractivity contribution in [2.75, 3.05) is 33.7 Å². The number of halogens is 1. The van der Waals surface area contributed by atoms with E-state index in [1.165, 1.54) is 0 Å². The lowest BCUT2D eigenvalue weighted by molar-refractivity contribution is 0.235. The Morgan fingerprint density at radius 3 is 2.38 bits per heavy atom. The predicted octanol–water partition coefficient (Wildman–Crippen LogP) is 2.07. The third-order valence-corrected chi connectivity index (χ3v) is 1.94. The van der Waals surface area contributed by atoms with Gasteiger partial charge < -0.3 is 10.2 Å². The van der Waals surface area contributed by atoms with Gasteiger partial charge in [0.2, 0.25) is 0 Å². The summed E-state index contributed by atoms with van der Waals surface area (Å²) in [6, 6.07) is 0. The van der Waals surface area contributed by atoms with Crippen LogP contribution in [0.5, 0.6) is 0 Å². The summed E-state index contributed by atoms with van der Waals surface area (Å²) in [5.41, 5.74) is 0.311. The van der Waals surface area contributed by atoms with Crippen LogP contribution in [0.2, 0.25) is 0 Å². The fraction of sp³-hybridized carbons (Fsp3) is 0.800. The molecule has 0 rings (SSSR count). The molecule has 0 saturated carbocycles. The maximum atomic E-state index is 3.78. The van der Waals surface area contributed by atoms with E-state index in [0.717, 1.165) is 24.1 Å². The van der Waals surface area contributed by atoms with E-state index in [2.05, 4.69) is 60.7 Å². The molecule has 0 unspecified atom stereocenters. The zero-order valence-corrected chi connectivity index (χ0v) is 10.7. The van der Waals surface area contributed by atoms with E-state index in [0.29, 0.717) is 5.41 Å². The Morgan fingerprint density at radius 1 is 1.46 bits per heavy atom. The third kappa shape index (κ3) is 8.47. The van der Waals surface area contributed by atoms with Gasteiger partial charge in [0.1, 0.15) is 0 Å². The summed E-state index contributed by atoms with van der Waals surface area (Å²) in [4.78, 5) is 2.21. The van der Waals surface area contributed by atoms with Crippen molar-refractivity contribution in [3.8, 4) is 0 Å². The fourth-order valence-corrected chi connectivity index (χ4v) is 1.65. The number of hydrogen-bond donors (Lipinski definition) is 1. The SMILES string of the molecule is C=C(Br)CNCC(C)(C)CN(C)C. The lowest BCUT2D eigenvalue weighted by Gasteiger charge is -2.28. The molecule has 0 aliphatic rings. The van der Waals surface area contributed by atoms with Crippen LogP contribution in [0.4, 0.5) is 0 Å². The molecule has 78 valence electrons. The summed E-state index contributed by atoms with van der Waals surface area (Å²) >= 11 is 3.33. The Balaban J connectivity index is 3.68. The minimum absolute atomic E-state index is 0.311. The van der Waals surface area contributed by atoms with Crippen LogP contribution in [0.15, 0.2) is 11.1 Å². The van der Waals surface area contributed by atoms with Crippen molar-refractivity contribution in [1.82, 2.24) is 10.2 Å². The molecule has 1 N–H and O–H groups in total. The highest BCUT2D eigenvalue weighted by Gasteiger charge is 2.17. The molecule has 0 aliphatic heterocycles. The monoisotopic (exact) mass is 248 g/mol. The molecule has 0 radical (unpaired) electrons. The highest BCUT2D eigenvalue weighted by Crippen LogP contribution is 2.14. The summed E-state index contributed by atoms with van der Waals surface area (Å²) in [6.07, 6.45) is 0. The van der Waals surface area contributed by atoms with Crippen molar-refractivity contribution in [3.63, 3.8) is 0 Å². The van der Waals surface area contributed by atoms with E-state index >= 15 is 0 Å². The van der Waals surface area contributed by atoms with Gasteiger partial charge in [0.25, 0.3) is 0 Å². The first kappa shape index (κ1) is 13.1. The lowest BCUT2D eigenvalue weighted by Crippen LogP contribution is -2.37. The summed E-state index contributed by atoms with van der Waals surface area (Å²) in [5.74, 6) is 0. The second-order valence-electron chi connectivity index (χ2n) is 4.52. The first-order valence-electron chi connectivity index (χ1n) is 4.52. The van der Waals surface area contributed by atoms with Gasteiger partial charge in [-0.05, 0) is 19.5 Å². The zero-order chi connectivity index (χ0) is 10.5. The lowest BCUT2D eigenvalue weighted by atomic mass is 9.93. The molecule has 2 nitrogen and oxygen atoms in total. The number of nitrogens with one attached hydrogen (secondary N) is 1. The van der Waals surface area contributed by atoms with E-state index < -0.39 is 0 Å². The van der Waals surface area contributed by atoms with E-state index in [1.54, 1.807) is 0 Å². The van der Waals surface area contributed by atoms with Crippen LogP contribution in [-0.4, -0.2) is 38.6 Å². The Bertz CT molecular complexity index is 164. The Labute approximate surface area is 90.5 Å². The summed E-state index contributed by atoms with van der Waals surface area (Å²) in [5, 5.41) is 3.36. The number of nitrogens with zero attached hydrogens (tertiary/aromatic N) is 1. The summed E-state index contributed by atoms with van der Waals surface area (Å²) in [6.45, 7) is 11.2. The summed E-state index contributed by atoms with van der Waals surface area (Å²) < 4.78 is 1.01. The van der Waals surface area contributed by atoms with E-state index in [9.17, 15) is 0 Å². The molecule has 3 heteroatoms. The zero-order valence-electron chi connectivity index (χ0n) is 9.15. The molecule has 13 heavy (non-hydrogen) atoms. The van der Waals surface area contributed by atoms with Crippen molar-refractivity contribution >= 4 is 15.9 Å². The van der Waals surface area contributed by atoms with Gasteiger partial charge in [-0.2, -0.15) is 0 Å². The van der Waals surface area contributed by atoms with Gasteiger partial charge in [0.05, 0.1) is 0 Å².